The molecule has 0 saturated heterocycles. The Morgan fingerprint density at radius 1 is 1.09 bits per heavy atom. The number of phenols is 1. The molecule has 4 aromatic rings. The molecule has 1 aromatic heterocycles. The molecule has 0 aliphatic carbocycles. The van der Waals surface area contributed by atoms with E-state index in [0.717, 1.165) is 5.56 Å². The predicted molar refractivity (Wildman–Crippen MR) is 122 cm³/mol. The largest absolute Gasteiger partial charge is 0.505 e. The molecule has 0 spiro atoms. The normalized spacial score (nSPS) is 10.8. The third kappa shape index (κ3) is 5.24. The maximum atomic E-state index is 13.4. The standard InChI is InChI=1S/C23H17Cl2FN4O3/c1-13-8-17(6-7-20(13)26)33-16-4-2-14(3-5-16)11-27-23(32)22-28-12-30(29-22)15-9-18(24)21(31)19(25)10-15/h2-10,12,31H,11H2,1H3,(H,27,32). The average molecular weight is 487 g/mol. The zero-order valence-corrected chi connectivity index (χ0v) is 18.7. The number of rotatable bonds is 6. The Balaban J connectivity index is 1.36. The van der Waals surface area contributed by atoms with Gasteiger partial charge in [0.2, 0.25) is 5.82 Å². The molecule has 168 valence electrons. The van der Waals surface area contributed by atoms with E-state index >= 15 is 0 Å². The Morgan fingerprint density at radius 2 is 1.76 bits per heavy atom. The Hall–Kier alpha value is -3.62. The number of halogens is 3. The van der Waals surface area contributed by atoms with Crippen LogP contribution in [0.1, 0.15) is 21.7 Å². The van der Waals surface area contributed by atoms with E-state index in [1.165, 1.54) is 29.2 Å². The molecule has 0 saturated carbocycles. The number of benzene rings is 3. The Morgan fingerprint density at radius 3 is 2.42 bits per heavy atom. The lowest BCUT2D eigenvalue weighted by Crippen LogP contribution is -2.24. The molecule has 10 heteroatoms. The first-order chi connectivity index (χ1) is 15.8. The van der Waals surface area contributed by atoms with Crippen molar-refractivity contribution in [3.63, 3.8) is 0 Å². The first-order valence-electron chi connectivity index (χ1n) is 9.71. The van der Waals surface area contributed by atoms with Crippen molar-refractivity contribution in [2.75, 3.05) is 0 Å². The number of aromatic hydroxyl groups is 1. The van der Waals surface area contributed by atoms with Crippen LogP contribution in [0.25, 0.3) is 5.69 Å². The third-order valence-corrected chi connectivity index (χ3v) is 5.28. The second-order valence-electron chi connectivity index (χ2n) is 7.11. The van der Waals surface area contributed by atoms with Crippen molar-refractivity contribution >= 4 is 29.1 Å². The van der Waals surface area contributed by atoms with Crippen molar-refractivity contribution in [3.05, 3.63) is 93.7 Å². The lowest BCUT2D eigenvalue weighted by molar-refractivity contribution is 0.0940. The highest BCUT2D eigenvalue weighted by Gasteiger charge is 2.14. The van der Waals surface area contributed by atoms with Crippen LogP contribution in [0.5, 0.6) is 17.2 Å². The average Bonchev–Trinajstić information content (AvgIpc) is 3.29. The molecule has 7 nitrogen and oxygen atoms in total. The number of hydrogen-bond donors (Lipinski definition) is 2. The van der Waals surface area contributed by atoms with Gasteiger partial charge in [-0.2, -0.15) is 0 Å². The zero-order valence-electron chi connectivity index (χ0n) is 17.2. The molecule has 0 fully saturated rings. The smallest absolute Gasteiger partial charge is 0.291 e. The zero-order chi connectivity index (χ0) is 23.5. The molecule has 0 atom stereocenters. The number of amides is 1. The number of phenolic OH excluding ortho intramolecular Hbond substituents is 1. The number of nitrogens with one attached hydrogen (secondary N) is 1. The van der Waals surface area contributed by atoms with Crippen LogP contribution in [0, 0.1) is 12.7 Å². The maximum Gasteiger partial charge on any atom is 0.291 e. The van der Waals surface area contributed by atoms with Crippen LogP contribution in [0.4, 0.5) is 4.39 Å². The first-order valence-corrected chi connectivity index (χ1v) is 10.5. The minimum absolute atomic E-state index is 0.0399. The van der Waals surface area contributed by atoms with E-state index in [2.05, 4.69) is 15.4 Å². The highest BCUT2D eigenvalue weighted by molar-refractivity contribution is 6.37. The van der Waals surface area contributed by atoms with Crippen LogP contribution in [-0.4, -0.2) is 25.8 Å². The van der Waals surface area contributed by atoms with Crippen LogP contribution < -0.4 is 10.1 Å². The van der Waals surface area contributed by atoms with Crippen LogP contribution in [0.2, 0.25) is 10.0 Å². The van der Waals surface area contributed by atoms with Gasteiger partial charge in [-0.3, -0.25) is 4.79 Å². The Kier molecular flexibility index (Phi) is 6.48. The van der Waals surface area contributed by atoms with Crippen LogP contribution in [0.15, 0.2) is 60.9 Å². The Bertz CT molecular complexity index is 1300. The van der Waals surface area contributed by atoms with Gasteiger partial charge in [-0.1, -0.05) is 35.3 Å². The van der Waals surface area contributed by atoms with Gasteiger partial charge in [0.15, 0.2) is 5.75 Å². The molecule has 1 heterocycles. The van der Waals surface area contributed by atoms with E-state index in [1.54, 1.807) is 43.3 Å². The van der Waals surface area contributed by atoms with Gasteiger partial charge < -0.3 is 15.2 Å². The van der Waals surface area contributed by atoms with Gasteiger partial charge >= 0.3 is 0 Å². The lowest BCUT2D eigenvalue weighted by Gasteiger charge is -2.08. The summed E-state index contributed by atoms with van der Waals surface area (Å²) in [5, 5.41) is 16.6. The molecule has 4 rings (SSSR count). The van der Waals surface area contributed by atoms with E-state index in [4.69, 9.17) is 27.9 Å². The lowest BCUT2D eigenvalue weighted by atomic mass is 10.2. The van der Waals surface area contributed by atoms with Gasteiger partial charge in [-0.05, 0) is 60.5 Å². The molecular formula is C23H17Cl2FN4O3. The maximum absolute atomic E-state index is 13.4. The van der Waals surface area contributed by atoms with Crippen molar-refractivity contribution in [2.24, 2.45) is 0 Å². The summed E-state index contributed by atoms with van der Waals surface area (Å²) >= 11 is 11.9. The molecule has 33 heavy (non-hydrogen) atoms. The highest BCUT2D eigenvalue weighted by Crippen LogP contribution is 2.33. The summed E-state index contributed by atoms with van der Waals surface area (Å²) in [6, 6.07) is 14.6. The fourth-order valence-electron chi connectivity index (χ4n) is 2.93. The third-order valence-electron chi connectivity index (χ3n) is 4.70. The monoisotopic (exact) mass is 486 g/mol. The second-order valence-corrected chi connectivity index (χ2v) is 7.92. The molecule has 0 unspecified atom stereocenters. The summed E-state index contributed by atoms with van der Waals surface area (Å²) < 4.78 is 20.4. The minimum atomic E-state index is -0.466. The molecule has 0 radical (unpaired) electrons. The highest BCUT2D eigenvalue weighted by atomic mass is 35.5. The van der Waals surface area contributed by atoms with Gasteiger partial charge in [0.1, 0.15) is 23.6 Å². The van der Waals surface area contributed by atoms with Crippen molar-refractivity contribution < 1.29 is 19.0 Å². The number of aromatic nitrogens is 3. The SMILES string of the molecule is Cc1cc(Oc2ccc(CNC(=O)c3ncn(-c4cc(Cl)c(O)c(Cl)c4)n3)cc2)ccc1F. The number of nitrogens with zero attached hydrogens (tertiary/aromatic N) is 3. The summed E-state index contributed by atoms with van der Waals surface area (Å²) in [5.74, 6) is 0.0945. The van der Waals surface area contributed by atoms with Crippen molar-refractivity contribution in [1.29, 1.82) is 0 Å². The quantitative estimate of drug-likeness (QED) is 0.378. The van der Waals surface area contributed by atoms with Crippen molar-refractivity contribution in [3.8, 4) is 22.9 Å². The molecule has 2 N–H and O–H groups in total. The van der Waals surface area contributed by atoms with Crippen LogP contribution in [0.3, 0.4) is 0 Å². The van der Waals surface area contributed by atoms with Crippen LogP contribution in [-0.2, 0) is 6.54 Å². The van der Waals surface area contributed by atoms with Gasteiger partial charge in [-0.25, -0.2) is 14.1 Å². The number of carbonyl (C=O) groups is 1. The van der Waals surface area contributed by atoms with Crippen LogP contribution >= 0.6 is 23.2 Å². The molecule has 0 aliphatic heterocycles. The predicted octanol–water partition coefficient (Wildman–Crippen LogP) is 5.45. The van der Waals surface area contributed by atoms with E-state index in [0.29, 0.717) is 22.7 Å². The van der Waals surface area contributed by atoms with Crippen molar-refractivity contribution in [1.82, 2.24) is 20.1 Å². The first kappa shape index (κ1) is 22.6. The van der Waals surface area contributed by atoms with E-state index in [-0.39, 0.29) is 34.0 Å². The number of aryl methyl sites for hydroxylation is 1. The van der Waals surface area contributed by atoms with Gasteiger partial charge in [-0.15, -0.1) is 5.10 Å². The minimum Gasteiger partial charge on any atom is -0.505 e. The summed E-state index contributed by atoms with van der Waals surface area (Å²) in [6.45, 7) is 1.92. The molecular weight excluding hydrogens is 470 g/mol. The topological polar surface area (TPSA) is 89.3 Å². The molecule has 1 amide bonds. The summed E-state index contributed by atoms with van der Waals surface area (Å²) in [6.07, 6.45) is 1.34. The van der Waals surface area contributed by atoms with Gasteiger partial charge in [0.05, 0.1) is 15.7 Å². The van der Waals surface area contributed by atoms with Gasteiger partial charge in [0, 0.05) is 6.54 Å². The fraction of sp³-hybridized carbons (Fsp3) is 0.0870. The van der Waals surface area contributed by atoms with E-state index in [1.807, 2.05) is 0 Å². The molecule has 0 bridgehead atoms. The molecule has 0 aliphatic rings. The molecule has 3 aromatic carbocycles. The van der Waals surface area contributed by atoms with E-state index < -0.39 is 5.91 Å². The summed E-state index contributed by atoms with van der Waals surface area (Å²) in [5.41, 5.74) is 1.78. The van der Waals surface area contributed by atoms with Crippen molar-refractivity contribution in [2.45, 2.75) is 13.5 Å². The Labute approximate surface area is 198 Å². The number of hydrogen-bond acceptors (Lipinski definition) is 5. The van der Waals surface area contributed by atoms with E-state index in [9.17, 15) is 14.3 Å². The number of ether oxygens (including phenoxy) is 1. The number of carbonyl (C=O) groups excluding carboxylic acids is 1. The fourth-order valence-corrected chi connectivity index (χ4v) is 3.40. The summed E-state index contributed by atoms with van der Waals surface area (Å²) in [7, 11) is 0. The summed E-state index contributed by atoms with van der Waals surface area (Å²) in [4.78, 5) is 16.4. The second kappa shape index (κ2) is 9.48. The van der Waals surface area contributed by atoms with Gasteiger partial charge in [0.25, 0.3) is 5.91 Å².